The second-order valence-electron chi connectivity index (χ2n) is 9.25. The van der Waals surface area contributed by atoms with E-state index in [2.05, 4.69) is 5.32 Å². The van der Waals surface area contributed by atoms with Crippen LogP contribution in [0.3, 0.4) is 0 Å². The van der Waals surface area contributed by atoms with E-state index in [1.165, 1.54) is 11.8 Å². The van der Waals surface area contributed by atoms with Crippen LogP contribution < -0.4 is 10.1 Å². The number of hydrogen-bond donors (Lipinski definition) is 1. The first-order valence-corrected chi connectivity index (χ1v) is 14.9. The molecule has 2 unspecified atom stereocenters. The summed E-state index contributed by atoms with van der Waals surface area (Å²) in [5, 5.41) is 4.37. The second-order valence-corrected chi connectivity index (χ2v) is 13.3. The van der Waals surface area contributed by atoms with Crippen LogP contribution in [0.2, 0.25) is 0 Å². The smallest absolute Gasteiger partial charge is 0.266 e. The lowest BCUT2D eigenvalue weighted by Crippen LogP contribution is -2.47. The molecule has 1 saturated heterocycles. The third kappa shape index (κ3) is 6.71. The molecule has 2 atom stereocenters. The van der Waals surface area contributed by atoms with Crippen molar-refractivity contribution < 1.29 is 14.3 Å². The van der Waals surface area contributed by atoms with Crippen LogP contribution in [0.25, 0.3) is 16.8 Å². The van der Waals surface area contributed by atoms with Gasteiger partial charge in [0, 0.05) is 5.56 Å². The summed E-state index contributed by atoms with van der Waals surface area (Å²) in [5.74, 6) is -0.229. The number of benzene rings is 4. The fourth-order valence-electron chi connectivity index (χ4n) is 4.42. The first kappa shape index (κ1) is 29.4. The van der Waals surface area contributed by atoms with Gasteiger partial charge in [-0.2, -0.15) is 0 Å². The molecule has 5 nitrogen and oxygen atoms in total. The molecular weight excluding hydrogens is 619 g/mol. The maximum Gasteiger partial charge on any atom is 0.266 e. The van der Waals surface area contributed by atoms with E-state index in [1.807, 2.05) is 67.6 Å². The van der Waals surface area contributed by atoms with E-state index in [0.29, 0.717) is 20.5 Å². The maximum absolute atomic E-state index is 13.2. The highest BCUT2D eigenvalue weighted by Crippen LogP contribution is 2.38. The zero-order valence-corrected chi connectivity index (χ0v) is 25.5. The molecule has 0 bridgehead atoms. The van der Waals surface area contributed by atoms with Crippen molar-refractivity contribution in [3.05, 3.63) is 119 Å². The van der Waals surface area contributed by atoms with Crippen molar-refractivity contribution in [1.29, 1.82) is 0 Å². The molecule has 1 fully saturated rings. The van der Waals surface area contributed by atoms with Crippen molar-refractivity contribution in [2.45, 2.75) is 23.0 Å². The largest absolute Gasteiger partial charge is 0.466 e. The monoisotopic (exact) mass is 640 g/mol. The van der Waals surface area contributed by atoms with Gasteiger partial charge in [0.1, 0.15) is 10.1 Å². The summed E-state index contributed by atoms with van der Waals surface area (Å²) in [6.45, 7) is 1.95. The Morgan fingerprint density at radius 1 is 0.951 bits per heavy atom. The van der Waals surface area contributed by atoms with Crippen LogP contribution in [0.15, 0.2) is 102 Å². The molecule has 0 aliphatic carbocycles. The Labute approximate surface area is 262 Å². The number of fused-ring (bicyclic) bond motifs is 1. The predicted octanol–water partition coefficient (Wildman–Crippen LogP) is 8.31. The fraction of sp³-hybridized carbons (Fsp3) is 0.129. The predicted molar refractivity (Wildman–Crippen MR) is 172 cm³/mol. The number of thioether (sulfide) groups is 1. The summed E-state index contributed by atoms with van der Waals surface area (Å²) < 4.78 is 4.44. The number of nitrogens with one attached hydrogen (secondary N) is 1. The highest BCUT2D eigenvalue weighted by molar-refractivity contribution is 8.26. The van der Waals surface area contributed by atoms with Gasteiger partial charge in [-0.15, -0.1) is 0 Å². The molecule has 41 heavy (non-hydrogen) atoms. The molecule has 1 heterocycles. The third-order valence-electron chi connectivity index (χ3n) is 6.52. The average Bonchev–Trinajstić information content (AvgIpc) is 3.24. The Hall–Kier alpha value is -3.07. The Bertz CT molecular complexity index is 1640. The van der Waals surface area contributed by atoms with E-state index in [0.717, 1.165) is 21.9 Å². The molecule has 0 spiro atoms. The number of hydrogen-bond acceptors (Lipinski definition) is 5. The minimum Gasteiger partial charge on any atom is -0.466 e. The average molecular weight is 642 g/mol. The van der Waals surface area contributed by atoms with Crippen molar-refractivity contribution in [1.82, 2.24) is 10.2 Å². The molecule has 10 heteroatoms. The quantitative estimate of drug-likeness (QED) is 0.0952. The summed E-state index contributed by atoms with van der Waals surface area (Å²) in [6, 6.07) is 29.4. The standard InChI is InChI=1S/C31H23Cl3N2O3S2/c1-19(21-8-3-2-4-9-21)36-28(38)26(41-30(36)40)18-20-14-16-23(17-15-20)39-29(31(32,33)34)35-27(37)25-13-7-11-22-10-5-6-12-24(22)25/h2-19,29H,1H3,(H,35,37)/b26-18-. The molecule has 0 saturated carbocycles. The lowest BCUT2D eigenvalue weighted by atomic mass is 10.0. The fourth-order valence-corrected chi connectivity index (χ4v) is 6.14. The number of carbonyl (C=O) groups is 2. The minimum atomic E-state index is -1.96. The molecule has 208 valence electrons. The summed E-state index contributed by atoms with van der Waals surface area (Å²) in [6.07, 6.45) is 0.496. The van der Waals surface area contributed by atoms with Gasteiger partial charge in [0.25, 0.3) is 11.8 Å². The number of carbonyl (C=O) groups excluding carboxylic acids is 2. The van der Waals surface area contributed by atoms with Gasteiger partial charge < -0.3 is 10.1 Å². The van der Waals surface area contributed by atoms with E-state index in [1.54, 1.807) is 47.4 Å². The topological polar surface area (TPSA) is 58.6 Å². The van der Waals surface area contributed by atoms with Gasteiger partial charge in [0.2, 0.25) is 10.0 Å². The Kier molecular flexibility index (Phi) is 8.92. The highest BCUT2D eigenvalue weighted by Gasteiger charge is 2.37. The van der Waals surface area contributed by atoms with Crippen molar-refractivity contribution in [3.8, 4) is 5.75 Å². The van der Waals surface area contributed by atoms with E-state index >= 15 is 0 Å². The van der Waals surface area contributed by atoms with Gasteiger partial charge in [0.05, 0.1) is 10.9 Å². The zero-order chi connectivity index (χ0) is 29.1. The summed E-state index contributed by atoms with van der Waals surface area (Å²) in [4.78, 5) is 28.5. The van der Waals surface area contributed by atoms with Crippen LogP contribution in [0, 0.1) is 0 Å². The molecule has 5 rings (SSSR count). The second kappa shape index (κ2) is 12.4. The maximum atomic E-state index is 13.2. The number of ether oxygens (including phenoxy) is 1. The van der Waals surface area contributed by atoms with Crippen LogP contribution in [0.4, 0.5) is 0 Å². The molecule has 1 aliphatic heterocycles. The van der Waals surface area contributed by atoms with Crippen molar-refractivity contribution in [3.63, 3.8) is 0 Å². The summed E-state index contributed by atoms with van der Waals surface area (Å²) in [7, 11) is 0. The van der Waals surface area contributed by atoms with Crippen molar-refractivity contribution >= 4 is 91.8 Å². The zero-order valence-electron chi connectivity index (χ0n) is 21.6. The third-order valence-corrected chi connectivity index (χ3v) is 8.44. The van der Waals surface area contributed by atoms with Crippen LogP contribution in [-0.4, -0.2) is 31.1 Å². The minimum absolute atomic E-state index is 0.149. The van der Waals surface area contributed by atoms with Crippen molar-refractivity contribution in [2.24, 2.45) is 0 Å². The summed E-state index contributed by atoms with van der Waals surface area (Å²) >= 11 is 25.3. The molecule has 4 aromatic carbocycles. The van der Waals surface area contributed by atoms with E-state index < -0.39 is 15.9 Å². The number of rotatable bonds is 7. The molecule has 2 amide bonds. The van der Waals surface area contributed by atoms with Gasteiger partial charge >= 0.3 is 0 Å². The first-order chi connectivity index (χ1) is 19.6. The summed E-state index contributed by atoms with van der Waals surface area (Å²) in [5.41, 5.74) is 2.19. The van der Waals surface area contributed by atoms with Gasteiger partial charge in [-0.25, -0.2) is 0 Å². The Morgan fingerprint density at radius 2 is 1.61 bits per heavy atom. The van der Waals surface area contributed by atoms with Crippen LogP contribution in [0.1, 0.15) is 34.5 Å². The molecule has 0 radical (unpaired) electrons. The van der Waals surface area contributed by atoms with Gasteiger partial charge in [-0.1, -0.05) is 138 Å². The van der Waals surface area contributed by atoms with E-state index in [-0.39, 0.29) is 11.9 Å². The molecule has 4 aromatic rings. The lowest BCUT2D eigenvalue weighted by molar-refractivity contribution is -0.123. The molecule has 1 N–H and O–H groups in total. The molecular formula is C31H23Cl3N2O3S2. The Morgan fingerprint density at radius 3 is 2.32 bits per heavy atom. The van der Waals surface area contributed by atoms with E-state index in [9.17, 15) is 9.59 Å². The Balaban J connectivity index is 1.30. The highest BCUT2D eigenvalue weighted by atomic mass is 35.6. The SMILES string of the molecule is CC(c1ccccc1)N1C(=O)/C(=C/c2ccc(OC(NC(=O)c3cccc4ccccc34)C(Cl)(Cl)Cl)cc2)SC1=S. The number of halogens is 3. The van der Waals surface area contributed by atoms with Crippen LogP contribution >= 0.6 is 58.8 Å². The van der Waals surface area contributed by atoms with Crippen LogP contribution in [0.5, 0.6) is 5.75 Å². The molecule has 0 aromatic heterocycles. The van der Waals surface area contributed by atoms with Gasteiger partial charge in [-0.05, 0) is 53.1 Å². The number of thiocarbonyl (C=S) groups is 1. The van der Waals surface area contributed by atoms with Crippen molar-refractivity contribution in [2.75, 3.05) is 0 Å². The van der Waals surface area contributed by atoms with Gasteiger partial charge in [-0.3, -0.25) is 14.5 Å². The lowest BCUT2D eigenvalue weighted by Gasteiger charge is -2.26. The number of alkyl halides is 3. The normalized spacial score (nSPS) is 16.2. The van der Waals surface area contributed by atoms with Gasteiger partial charge in [0.15, 0.2) is 0 Å². The van der Waals surface area contributed by atoms with Crippen LogP contribution in [-0.2, 0) is 4.79 Å². The van der Waals surface area contributed by atoms with E-state index in [4.69, 9.17) is 51.8 Å². The number of amides is 2. The molecule has 1 aliphatic rings. The number of nitrogens with zero attached hydrogens (tertiary/aromatic N) is 1. The first-order valence-electron chi connectivity index (χ1n) is 12.6.